The Labute approximate surface area is 159 Å². The molecule has 3 rings (SSSR count). The molecule has 5 heteroatoms. The number of carbonyl (C=O) groups is 1. The van der Waals surface area contributed by atoms with E-state index in [4.69, 9.17) is 9.84 Å². The fourth-order valence-corrected chi connectivity index (χ4v) is 2.83. The molecule has 0 fully saturated rings. The highest BCUT2D eigenvalue weighted by atomic mass is 16.5. The third-order valence-electron chi connectivity index (χ3n) is 4.42. The monoisotopic (exact) mass is 364 g/mol. The van der Waals surface area contributed by atoms with Crippen molar-refractivity contribution in [3.05, 3.63) is 66.5 Å². The zero-order valence-corrected chi connectivity index (χ0v) is 15.5. The first-order valence-electron chi connectivity index (χ1n) is 9.29. The van der Waals surface area contributed by atoms with Gasteiger partial charge in [-0.05, 0) is 48.4 Å². The van der Waals surface area contributed by atoms with Crippen LogP contribution in [-0.2, 0) is 0 Å². The van der Waals surface area contributed by atoms with Gasteiger partial charge in [0.05, 0.1) is 24.1 Å². The lowest BCUT2D eigenvalue weighted by molar-refractivity contribution is 0.0697. The zero-order chi connectivity index (χ0) is 19.1. The van der Waals surface area contributed by atoms with Crippen molar-refractivity contribution in [2.45, 2.75) is 32.6 Å². The van der Waals surface area contributed by atoms with E-state index in [1.54, 1.807) is 35.1 Å². The molecule has 2 aromatic carbocycles. The summed E-state index contributed by atoms with van der Waals surface area (Å²) in [5.41, 5.74) is 3.08. The van der Waals surface area contributed by atoms with E-state index >= 15 is 0 Å². The van der Waals surface area contributed by atoms with Crippen molar-refractivity contribution in [1.29, 1.82) is 0 Å². The first kappa shape index (κ1) is 18.7. The number of ether oxygens (including phenoxy) is 1. The van der Waals surface area contributed by atoms with Crippen LogP contribution in [0.15, 0.2) is 60.9 Å². The molecule has 0 aliphatic carbocycles. The van der Waals surface area contributed by atoms with Crippen molar-refractivity contribution in [3.63, 3.8) is 0 Å². The van der Waals surface area contributed by atoms with Gasteiger partial charge in [0.25, 0.3) is 0 Å². The van der Waals surface area contributed by atoms with Gasteiger partial charge in [-0.2, -0.15) is 5.10 Å². The van der Waals surface area contributed by atoms with Crippen LogP contribution in [0.4, 0.5) is 0 Å². The lowest BCUT2D eigenvalue weighted by Gasteiger charge is -2.07. The second-order valence-electron chi connectivity index (χ2n) is 6.46. The Kier molecular flexibility index (Phi) is 6.26. The average molecular weight is 364 g/mol. The summed E-state index contributed by atoms with van der Waals surface area (Å²) in [7, 11) is 0. The van der Waals surface area contributed by atoms with Crippen LogP contribution in [0, 0.1) is 0 Å². The van der Waals surface area contributed by atoms with Gasteiger partial charge in [0.2, 0.25) is 0 Å². The maximum Gasteiger partial charge on any atom is 0.335 e. The Bertz CT molecular complexity index is 867. The number of carboxylic acid groups (broad SMARTS) is 1. The van der Waals surface area contributed by atoms with Gasteiger partial charge in [0, 0.05) is 11.8 Å². The van der Waals surface area contributed by atoms with Crippen LogP contribution in [0.5, 0.6) is 5.75 Å². The Morgan fingerprint density at radius 1 is 1.00 bits per heavy atom. The highest BCUT2D eigenvalue weighted by molar-refractivity contribution is 5.88. The molecule has 0 amide bonds. The van der Waals surface area contributed by atoms with Crippen LogP contribution < -0.4 is 4.74 Å². The van der Waals surface area contributed by atoms with E-state index in [-0.39, 0.29) is 5.56 Å². The van der Waals surface area contributed by atoms with Crippen LogP contribution in [0.25, 0.3) is 16.8 Å². The van der Waals surface area contributed by atoms with E-state index in [0.29, 0.717) is 0 Å². The molecule has 0 bridgehead atoms. The predicted molar refractivity (Wildman–Crippen MR) is 106 cm³/mol. The van der Waals surface area contributed by atoms with E-state index in [1.807, 2.05) is 30.5 Å². The Morgan fingerprint density at radius 2 is 1.74 bits per heavy atom. The maximum atomic E-state index is 11.0. The highest BCUT2D eigenvalue weighted by Crippen LogP contribution is 2.22. The number of aromatic nitrogens is 2. The van der Waals surface area contributed by atoms with E-state index < -0.39 is 5.97 Å². The summed E-state index contributed by atoms with van der Waals surface area (Å²) < 4.78 is 7.57. The fourth-order valence-electron chi connectivity index (χ4n) is 2.83. The van der Waals surface area contributed by atoms with Crippen molar-refractivity contribution >= 4 is 5.97 Å². The summed E-state index contributed by atoms with van der Waals surface area (Å²) in [5, 5.41) is 13.4. The molecule has 0 atom stereocenters. The van der Waals surface area contributed by atoms with Crippen LogP contribution >= 0.6 is 0 Å². The Morgan fingerprint density at radius 3 is 2.41 bits per heavy atom. The molecule has 0 radical (unpaired) electrons. The molecule has 1 aromatic heterocycles. The Balaban J connectivity index is 1.63. The van der Waals surface area contributed by atoms with Crippen LogP contribution in [0.3, 0.4) is 0 Å². The van der Waals surface area contributed by atoms with E-state index in [0.717, 1.165) is 35.6 Å². The number of rotatable bonds is 9. The van der Waals surface area contributed by atoms with Gasteiger partial charge in [-0.1, -0.05) is 38.3 Å². The molecule has 1 heterocycles. The number of hydrogen-bond donors (Lipinski definition) is 1. The number of benzene rings is 2. The second-order valence-corrected chi connectivity index (χ2v) is 6.46. The zero-order valence-electron chi connectivity index (χ0n) is 15.5. The molecule has 1 N–H and O–H groups in total. The van der Waals surface area contributed by atoms with Gasteiger partial charge >= 0.3 is 5.97 Å². The molecule has 0 aliphatic rings. The summed E-state index contributed by atoms with van der Waals surface area (Å²) >= 11 is 0. The lowest BCUT2D eigenvalue weighted by atomic mass is 10.1. The van der Waals surface area contributed by atoms with E-state index in [9.17, 15) is 4.79 Å². The van der Waals surface area contributed by atoms with Gasteiger partial charge in [0.1, 0.15) is 5.75 Å². The van der Waals surface area contributed by atoms with Gasteiger partial charge in [-0.15, -0.1) is 0 Å². The maximum absolute atomic E-state index is 11.0. The third-order valence-corrected chi connectivity index (χ3v) is 4.42. The molecule has 0 aliphatic heterocycles. The lowest BCUT2D eigenvalue weighted by Crippen LogP contribution is -1.98. The smallest absolute Gasteiger partial charge is 0.335 e. The molecule has 0 saturated heterocycles. The normalized spacial score (nSPS) is 10.7. The molecule has 140 valence electrons. The van der Waals surface area contributed by atoms with Gasteiger partial charge in [-0.3, -0.25) is 0 Å². The largest absolute Gasteiger partial charge is 0.494 e. The summed E-state index contributed by atoms with van der Waals surface area (Å²) in [6.07, 6.45) is 8.47. The summed E-state index contributed by atoms with van der Waals surface area (Å²) in [5.74, 6) is -0.0585. The minimum atomic E-state index is -0.926. The average Bonchev–Trinajstić information content (AvgIpc) is 3.18. The van der Waals surface area contributed by atoms with Gasteiger partial charge < -0.3 is 9.84 Å². The van der Waals surface area contributed by atoms with Crippen molar-refractivity contribution in [1.82, 2.24) is 9.78 Å². The molecule has 0 saturated carbocycles. The van der Waals surface area contributed by atoms with Crippen molar-refractivity contribution < 1.29 is 14.6 Å². The third kappa shape index (κ3) is 4.97. The molecular weight excluding hydrogens is 340 g/mol. The van der Waals surface area contributed by atoms with Crippen molar-refractivity contribution in [2.24, 2.45) is 0 Å². The van der Waals surface area contributed by atoms with Crippen LogP contribution in [-0.4, -0.2) is 27.5 Å². The minimum absolute atomic E-state index is 0.274. The second kappa shape index (κ2) is 9.03. The first-order chi connectivity index (χ1) is 13.2. The van der Waals surface area contributed by atoms with Gasteiger partial charge in [-0.25, -0.2) is 9.48 Å². The summed E-state index contributed by atoms with van der Waals surface area (Å²) in [4.78, 5) is 11.0. The standard InChI is InChI=1S/C22H24N2O3/c1-2-3-4-5-14-27-21-12-10-20(11-13-21)24-16-19(15-23-24)17-6-8-18(9-7-17)22(25)26/h6-13,15-16H,2-5,14H2,1H3,(H,25,26). The van der Waals surface area contributed by atoms with E-state index in [1.165, 1.54) is 19.3 Å². The molecule has 0 unspecified atom stereocenters. The molecule has 3 aromatic rings. The Hall–Kier alpha value is -3.08. The molecule has 5 nitrogen and oxygen atoms in total. The molecule has 27 heavy (non-hydrogen) atoms. The van der Waals surface area contributed by atoms with Crippen LogP contribution in [0.2, 0.25) is 0 Å². The topological polar surface area (TPSA) is 64.3 Å². The van der Waals surface area contributed by atoms with E-state index in [2.05, 4.69) is 12.0 Å². The molecule has 0 spiro atoms. The number of unbranched alkanes of at least 4 members (excludes halogenated alkanes) is 3. The van der Waals surface area contributed by atoms with Crippen molar-refractivity contribution in [3.8, 4) is 22.6 Å². The highest BCUT2D eigenvalue weighted by Gasteiger charge is 2.06. The first-order valence-corrected chi connectivity index (χ1v) is 9.29. The summed E-state index contributed by atoms with van der Waals surface area (Å²) in [6.45, 7) is 2.95. The number of hydrogen-bond acceptors (Lipinski definition) is 3. The molecular formula is C22H24N2O3. The van der Waals surface area contributed by atoms with Crippen molar-refractivity contribution in [2.75, 3.05) is 6.61 Å². The minimum Gasteiger partial charge on any atom is -0.494 e. The van der Waals surface area contributed by atoms with Gasteiger partial charge in [0.15, 0.2) is 0 Å². The SMILES string of the molecule is CCCCCCOc1ccc(-n2cc(-c3ccc(C(=O)O)cc3)cn2)cc1. The predicted octanol–water partition coefficient (Wildman–Crippen LogP) is 5.20. The number of carboxylic acids is 1. The number of nitrogens with zero attached hydrogens (tertiary/aromatic N) is 2. The number of aromatic carboxylic acids is 1. The summed E-state index contributed by atoms with van der Waals surface area (Å²) in [6, 6.07) is 14.7. The quantitative estimate of drug-likeness (QED) is 0.530. The van der Waals surface area contributed by atoms with Crippen LogP contribution in [0.1, 0.15) is 43.0 Å². The fraction of sp³-hybridized carbons (Fsp3) is 0.273.